The van der Waals surface area contributed by atoms with E-state index in [9.17, 15) is 10.1 Å². The maximum Gasteiger partial charge on any atom is 0.218 e. The fourth-order valence-electron chi connectivity index (χ4n) is 7.61. The average Bonchev–Trinajstić information content (AvgIpc) is 2.84. The van der Waals surface area contributed by atoms with Crippen molar-refractivity contribution < 1.29 is 4.92 Å². The van der Waals surface area contributed by atoms with Crippen LogP contribution < -0.4 is 0 Å². The Kier molecular flexibility index (Phi) is 4.49. The molecule has 0 spiro atoms. The summed E-state index contributed by atoms with van der Waals surface area (Å²) in [5, 5.41) is 11.5. The molecule has 0 aromatic rings. The van der Waals surface area contributed by atoms with E-state index < -0.39 is 0 Å². The zero-order chi connectivity index (χ0) is 15.5. The van der Waals surface area contributed by atoms with E-state index in [1.807, 2.05) is 0 Å². The highest BCUT2D eigenvalue weighted by atomic mass is 35.5. The Labute approximate surface area is 146 Å². The molecule has 132 valence electrons. The molecule has 0 amide bonds. The summed E-state index contributed by atoms with van der Waals surface area (Å²) < 4.78 is 0. The molecule has 0 aromatic heterocycles. The van der Waals surface area contributed by atoms with Gasteiger partial charge < -0.3 is 0 Å². The monoisotopic (exact) mass is 341 g/mol. The lowest BCUT2D eigenvalue weighted by Crippen LogP contribution is -2.54. The lowest BCUT2D eigenvalue weighted by molar-refractivity contribution is -0.540. The molecule has 0 heterocycles. The number of fused-ring (bicyclic) bond motifs is 5. The largest absolute Gasteiger partial charge is 0.264 e. The molecular formula is C19H32ClNO2. The van der Waals surface area contributed by atoms with Gasteiger partial charge in [0.1, 0.15) is 0 Å². The van der Waals surface area contributed by atoms with Gasteiger partial charge in [0, 0.05) is 16.8 Å². The van der Waals surface area contributed by atoms with E-state index in [0.29, 0.717) is 11.3 Å². The highest BCUT2D eigenvalue weighted by Crippen LogP contribution is 2.66. The molecule has 4 rings (SSSR count). The number of nitro groups is 1. The maximum atomic E-state index is 11.5. The first-order valence-corrected chi connectivity index (χ1v) is 9.60. The molecule has 4 fully saturated rings. The zero-order valence-corrected chi connectivity index (χ0v) is 15.4. The van der Waals surface area contributed by atoms with Gasteiger partial charge in [-0.1, -0.05) is 26.7 Å². The molecule has 0 radical (unpaired) electrons. The lowest BCUT2D eigenvalue weighted by atomic mass is 9.45. The Morgan fingerprint density at radius 3 is 2.35 bits per heavy atom. The molecule has 0 aromatic carbocycles. The first-order valence-electron chi connectivity index (χ1n) is 9.60. The number of nitrogens with zero attached hydrogens (tertiary/aromatic N) is 1. The summed E-state index contributed by atoms with van der Waals surface area (Å²) in [6, 6.07) is -0.268. The van der Waals surface area contributed by atoms with Crippen LogP contribution in [-0.4, -0.2) is 11.0 Å². The van der Waals surface area contributed by atoms with Crippen LogP contribution in [-0.2, 0) is 0 Å². The third-order valence-electron chi connectivity index (χ3n) is 8.79. The fraction of sp³-hybridized carbons (Fsp3) is 1.00. The van der Waals surface area contributed by atoms with Crippen molar-refractivity contribution in [2.75, 3.05) is 0 Å². The minimum atomic E-state index is -0.268. The second-order valence-corrected chi connectivity index (χ2v) is 9.33. The van der Waals surface area contributed by atoms with Crippen molar-refractivity contribution in [2.45, 2.75) is 84.1 Å². The Bertz CT molecular complexity index is 484. The highest BCUT2D eigenvalue weighted by molar-refractivity contribution is 5.85. The van der Waals surface area contributed by atoms with Gasteiger partial charge in [-0.15, -0.1) is 12.4 Å². The summed E-state index contributed by atoms with van der Waals surface area (Å²) >= 11 is 0. The van der Waals surface area contributed by atoms with E-state index >= 15 is 0 Å². The van der Waals surface area contributed by atoms with Crippen molar-refractivity contribution in [3.05, 3.63) is 10.1 Å². The molecule has 0 N–H and O–H groups in total. The van der Waals surface area contributed by atoms with Crippen molar-refractivity contribution in [2.24, 2.45) is 34.5 Å². The molecule has 4 saturated carbocycles. The Morgan fingerprint density at radius 2 is 1.61 bits per heavy atom. The molecular weight excluding hydrogens is 310 g/mol. The Morgan fingerprint density at radius 1 is 0.870 bits per heavy atom. The number of hydrogen-bond acceptors (Lipinski definition) is 2. The summed E-state index contributed by atoms with van der Waals surface area (Å²) in [5.41, 5.74) is 0.539. The lowest BCUT2D eigenvalue weighted by Gasteiger charge is -2.59. The van der Waals surface area contributed by atoms with Crippen molar-refractivity contribution >= 4 is 12.4 Å². The second kappa shape index (κ2) is 5.89. The van der Waals surface area contributed by atoms with Crippen LogP contribution in [0.1, 0.15) is 78.1 Å². The second-order valence-electron chi connectivity index (χ2n) is 9.33. The summed E-state index contributed by atoms with van der Waals surface area (Å²) in [6.07, 6.45) is 12.8. The third kappa shape index (κ3) is 2.36. The number of hydrogen-bond donors (Lipinski definition) is 0. The smallest absolute Gasteiger partial charge is 0.218 e. The van der Waals surface area contributed by atoms with Gasteiger partial charge in [-0.3, -0.25) is 10.1 Å². The summed E-state index contributed by atoms with van der Waals surface area (Å²) in [6.45, 7) is 4.83. The van der Waals surface area contributed by atoms with Crippen LogP contribution in [0, 0.1) is 44.6 Å². The van der Waals surface area contributed by atoms with Crippen LogP contribution in [0.2, 0.25) is 0 Å². The number of halogens is 1. The van der Waals surface area contributed by atoms with E-state index in [1.54, 1.807) is 0 Å². The normalized spacial score (nSPS) is 51.8. The fourth-order valence-corrected chi connectivity index (χ4v) is 7.61. The molecule has 4 aliphatic rings. The maximum absolute atomic E-state index is 11.5. The van der Waals surface area contributed by atoms with E-state index in [-0.39, 0.29) is 28.8 Å². The molecule has 4 aliphatic carbocycles. The number of rotatable bonds is 1. The van der Waals surface area contributed by atoms with Gasteiger partial charge in [-0.25, -0.2) is 0 Å². The van der Waals surface area contributed by atoms with Gasteiger partial charge in [0.25, 0.3) is 0 Å². The van der Waals surface area contributed by atoms with Crippen LogP contribution in [0.5, 0.6) is 0 Å². The summed E-state index contributed by atoms with van der Waals surface area (Å²) in [5.74, 6) is 3.21. The molecule has 4 heteroatoms. The van der Waals surface area contributed by atoms with E-state index in [2.05, 4.69) is 13.8 Å². The predicted octanol–water partition coefficient (Wildman–Crippen LogP) is 5.49. The molecule has 3 nitrogen and oxygen atoms in total. The molecule has 0 unspecified atom stereocenters. The average molecular weight is 342 g/mol. The van der Waals surface area contributed by atoms with Crippen LogP contribution in [0.25, 0.3) is 0 Å². The quantitative estimate of drug-likeness (QED) is 0.467. The van der Waals surface area contributed by atoms with Gasteiger partial charge in [0.15, 0.2) is 0 Å². The van der Waals surface area contributed by atoms with E-state index in [4.69, 9.17) is 0 Å². The van der Waals surface area contributed by atoms with Crippen LogP contribution in [0.15, 0.2) is 0 Å². The predicted molar refractivity (Wildman–Crippen MR) is 94.4 cm³/mol. The van der Waals surface area contributed by atoms with Gasteiger partial charge in [-0.2, -0.15) is 0 Å². The SMILES string of the molecule is C[C@]12CCCC[C@@H]1CC[C@@H]1[C@@H]2CC[C@]2(C)[C@@H]([N+](=O)[O-])CC[C@@H]12.Cl. The third-order valence-corrected chi connectivity index (χ3v) is 8.79. The standard InChI is InChI=1S/C19H31NO2.ClH/c1-18-11-4-3-5-13(18)6-7-14-15-8-9-17(20(21)22)19(15,2)12-10-16(14)18;/h13-17H,3-12H2,1-2H3;1H/t13-,14+,15+,16+,17+,18+,19+;/m1./s1. The first kappa shape index (κ1) is 17.5. The summed E-state index contributed by atoms with van der Waals surface area (Å²) in [4.78, 5) is 11.6. The topological polar surface area (TPSA) is 43.1 Å². The van der Waals surface area contributed by atoms with Crippen molar-refractivity contribution in [3.8, 4) is 0 Å². The Balaban J connectivity index is 0.00000156. The van der Waals surface area contributed by atoms with E-state index in [1.165, 1.54) is 44.9 Å². The molecule has 0 bridgehead atoms. The van der Waals surface area contributed by atoms with E-state index in [0.717, 1.165) is 37.0 Å². The van der Waals surface area contributed by atoms with Crippen LogP contribution in [0.3, 0.4) is 0 Å². The zero-order valence-electron chi connectivity index (χ0n) is 14.6. The molecule has 23 heavy (non-hydrogen) atoms. The van der Waals surface area contributed by atoms with Gasteiger partial charge >= 0.3 is 0 Å². The van der Waals surface area contributed by atoms with Crippen LogP contribution >= 0.6 is 12.4 Å². The van der Waals surface area contributed by atoms with Crippen molar-refractivity contribution in [1.29, 1.82) is 0 Å². The van der Waals surface area contributed by atoms with Crippen molar-refractivity contribution in [1.82, 2.24) is 0 Å². The minimum Gasteiger partial charge on any atom is -0.264 e. The van der Waals surface area contributed by atoms with Gasteiger partial charge in [0.05, 0.1) is 0 Å². The molecule has 0 saturated heterocycles. The molecule has 7 atom stereocenters. The highest BCUT2D eigenvalue weighted by Gasteiger charge is 2.62. The van der Waals surface area contributed by atoms with Crippen LogP contribution in [0.4, 0.5) is 0 Å². The van der Waals surface area contributed by atoms with Gasteiger partial charge in [0.2, 0.25) is 6.04 Å². The summed E-state index contributed by atoms with van der Waals surface area (Å²) in [7, 11) is 0. The Hall–Kier alpha value is -0.310. The van der Waals surface area contributed by atoms with Crippen molar-refractivity contribution in [3.63, 3.8) is 0 Å². The van der Waals surface area contributed by atoms with Gasteiger partial charge in [-0.05, 0) is 74.0 Å². The first-order chi connectivity index (χ1) is 10.5. The molecule has 0 aliphatic heterocycles. The minimum absolute atomic E-state index is 0.